The normalized spacial score (nSPS) is 24.8. The molecule has 2 atom stereocenters. The molecule has 6 heteroatoms. The van der Waals surface area contributed by atoms with Crippen LogP contribution in [0.4, 0.5) is 10.6 Å². The number of rotatable bonds is 4. The van der Waals surface area contributed by atoms with Gasteiger partial charge in [0.15, 0.2) is 0 Å². The Hall–Kier alpha value is -1.43. The molecule has 2 amide bonds. The van der Waals surface area contributed by atoms with Crippen molar-refractivity contribution >= 4 is 23.6 Å². The van der Waals surface area contributed by atoms with Gasteiger partial charge < -0.3 is 15.5 Å². The van der Waals surface area contributed by atoms with Crippen molar-refractivity contribution in [1.29, 1.82) is 0 Å². The first-order valence-electron chi connectivity index (χ1n) is 8.92. The van der Waals surface area contributed by atoms with Crippen molar-refractivity contribution < 1.29 is 4.79 Å². The molecule has 1 aliphatic carbocycles. The Morgan fingerprint density at radius 3 is 2.58 bits per heavy atom. The van der Waals surface area contributed by atoms with Gasteiger partial charge in [0.05, 0.1) is 0 Å². The van der Waals surface area contributed by atoms with Crippen LogP contribution >= 0.6 is 11.8 Å². The van der Waals surface area contributed by atoms with Crippen molar-refractivity contribution in [2.75, 3.05) is 24.2 Å². The first kappa shape index (κ1) is 17.4. The Morgan fingerprint density at radius 1 is 1.17 bits per heavy atom. The summed E-state index contributed by atoms with van der Waals surface area (Å²) in [7, 11) is 0. The number of nitrogens with one attached hydrogen (secondary N) is 2. The summed E-state index contributed by atoms with van der Waals surface area (Å²) in [6.45, 7) is 3.91. The van der Waals surface area contributed by atoms with E-state index in [1.807, 2.05) is 24.8 Å². The summed E-state index contributed by atoms with van der Waals surface area (Å²) in [6, 6.07) is 6.76. The van der Waals surface area contributed by atoms with Crippen LogP contribution in [0, 0.1) is 6.92 Å². The van der Waals surface area contributed by atoms with Gasteiger partial charge in [0.2, 0.25) is 0 Å². The van der Waals surface area contributed by atoms with Crippen LogP contribution in [0.1, 0.15) is 37.8 Å². The van der Waals surface area contributed by atoms with Crippen LogP contribution in [0.15, 0.2) is 18.2 Å². The number of hydrogen-bond acceptors (Lipinski definition) is 4. The number of hydrogen-bond donors (Lipinski definition) is 2. The van der Waals surface area contributed by atoms with Crippen LogP contribution in [0.25, 0.3) is 0 Å². The lowest BCUT2D eigenvalue weighted by molar-refractivity contribution is 0.230. The quantitative estimate of drug-likeness (QED) is 0.878. The maximum atomic E-state index is 12.2. The molecule has 132 valence electrons. The molecule has 1 aromatic heterocycles. The molecule has 2 fully saturated rings. The summed E-state index contributed by atoms with van der Waals surface area (Å²) in [5.41, 5.74) is 1.05. The summed E-state index contributed by atoms with van der Waals surface area (Å²) >= 11 is 1.91. The van der Waals surface area contributed by atoms with Gasteiger partial charge in [0.25, 0.3) is 0 Å². The summed E-state index contributed by atoms with van der Waals surface area (Å²) in [4.78, 5) is 19.1. The van der Waals surface area contributed by atoms with E-state index in [0.717, 1.165) is 50.3 Å². The summed E-state index contributed by atoms with van der Waals surface area (Å²) in [5, 5.41) is 7.02. The number of amides is 2. The Kier molecular flexibility index (Phi) is 5.87. The molecule has 1 saturated carbocycles. The zero-order chi connectivity index (χ0) is 16.9. The highest BCUT2D eigenvalue weighted by Crippen LogP contribution is 2.28. The van der Waals surface area contributed by atoms with E-state index >= 15 is 0 Å². The Bertz CT molecular complexity index is 560. The fourth-order valence-electron chi connectivity index (χ4n) is 3.66. The minimum Gasteiger partial charge on any atom is -0.356 e. The van der Waals surface area contributed by atoms with Gasteiger partial charge in [-0.15, -0.1) is 0 Å². The number of piperidine rings is 1. The molecule has 1 saturated heterocycles. The van der Waals surface area contributed by atoms with E-state index in [-0.39, 0.29) is 12.1 Å². The molecule has 1 aromatic rings. The van der Waals surface area contributed by atoms with Gasteiger partial charge in [-0.25, -0.2) is 9.78 Å². The number of pyridine rings is 1. The standard InChI is InChI=1S/C18H28N4OS/c1-13-4-3-5-17(19-13)22-10-8-14(9-11-22)20-18(23)21-15-6-7-16(12-15)24-2/h3-5,14-16H,6-12H2,1-2H3,(H2,20,21,23)/t15-,16+/m0/s1. The van der Waals surface area contributed by atoms with Gasteiger partial charge in [-0.1, -0.05) is 6.07 Å². The zero-order valence-corrected chi connectivity index (χ0v) is 15.4. The number of aromatic nitrogens is 1. The fraction of sp³-hybridized carbons (Fsp3) is 0.667. The minimum absolute atomic E-state index is 0.00823. The minimum atomic E-state index is 0.00823. The van der Waals surface area contributed by atoms with Gasteiger partial charge in [0.1, 0.15) is 5.82 Å². The highest BCUT2D eigenvalue weighted by molar-refractivity contribution is 7.99. The van der Waals surface area contributed by atoms with Crippen LogP contribution in [-0.4, -0.2) is 47.7 Å². The van der Waals surface area contributed by atoms with Crippen LogP contribution in [0.2, 0.25) is 0 Å². The average molecular weight is 349 g/mol. The largest absolute Gasteiger partial charge is 0.356 e. The highest BCUT2D eigenvalue weighted by Gasteiger charge is 2.26. The van der Waals surface area contributed by atoms with E-state index in [1.165, 1.54) is 6.42 Å². The number of thioether (sulfide) groups is 1. The maximum absolute atomic E-state index is 12.2. The molecule has 0 aromatic carbocycles. The maximum Gasteiger partial charge on any atom is 0.315 e. The SMILES string of the molecule is CS[C@@H]1CC[C@H](NC(=O)NC2CCN(c3cccc(C)n3)CC2)C1. The van der Waals surface area contributed by atoms with E-state index in [2.05, 4.69) is 38.9 Å². The molecule has 2 heterocycles. The van der Waals surface area contributed by atoms with Crippen molar-refractivity contribution in [2.45, 2.75) is 56.4 Å². The molecule has 24 heavy (non-hydrogen) atoms. The number of aryl methyl sites for hydroxylation is 1. The third kappa shape index (κ3) is 4.56. The Labute approximate surface area is 149 Å². The molecule has 2 N–H and O–H groups in total. The molecular formula is C18H28N4OS. The van der Waals surface area contributed by atoms with Crippen molar-refractivity contribution in [3.05, 3.63) is 23.9 Å². The molecule has 5 nitrogen and oxygen atoms in total. The van der Waals surface area contributed by atoms with E-state index in [0.29, 0.717) is 11.3 Å². The van der Waals surface area contributed by atoms with Crippen molar-refractivity contribution in [2.24, 2.45) is 0 Å². The van der Waals surface area contributed by atoms with E-state index in [1.54, 1.807) is 0 Å². The third-order valence-corrected chi connectivity index (χ3v) is 6.18. The van der Waals surface area contributed by atoms with E-state index < -0.39 is 0 Å². The van der Waals surface area contributed by atoms with Crippen LogP contribution in [0.5, 0.6) is 0 Å². The van der Waals surface area contributed by atoms with Gasteiger partial charge in [-0.2, -0.15) is 11.8 Å². The summed E-state index contributed by atoms with van der Waals surface area (Å²) in [6.07, 6.45) is 7.53. The molecular weight excluding hydrogens is 320 g/mol. The van der Waals surface area contributed by atoms with E-state index in [9.17, 15) is 4.79 Å². The lowest BCUT2D eigenvalue weighted by atomic mass is 10.1. The van der Waals surface area contributed by atoms with Gasteiger partial charge in [-0.3, -0.25) is 0 Å². The molecule has 0 unspecified atom stereocenters. The van der Waals surface area contributed by atoms with Gasteiger partial charge >= 0.3 is 6.03 Å². The molecule has 3 rings (SSSR count). The number of nitrogens with zero attached hydrogens (tertiary/aromatic N) is 2. The molecule has 0 radical (unpaired) electrons. The number of anilines is 1. The molecule has 1 aliphatic heterocycles. The van der Waals surface area contributed by atoms with Crippen LogP contribution in [-0.2, 0) is 0 Å². The first-order chi connectivity index (χ1) is 11.6. The Morgan fingerprint density at radius 2 is 1.92 bits per heavy atom. The third-order valence-electron chi connectivity index (χ3n) is 5.08. The second-order valence-electron chi connectivity index (χ2n) is 6.88. The van der Waals surface area contributed by atoms with E-state index in [4.69, 9.17) is 0 Å². The number of urea groups is 1. The predicted octanol–water partition coefficient (Wildman–Crippen LogP) is 2.94. The zero-order valence-electron chi connectivity index (χ0n) is 14.6. The first-order valence-corrected chi connectivity index (χ1v) is 10.2. The second kappa shape index (κ2) is 8.10. The molecule has 0 bridgehead atoms. The van der Waals surface area contributed by atoms with Crippen molar-refractivity contribution in [3.63, 3.8) is 0 Å². The number of carbonyl (C=O) groups is 1. The summed E-state index contributed by atoms with van der Waals surface area (Å²) < 4.78 is 0. The Balaban J connectivity index is 1.41. The second-order valence-corrected chi connectivity index (χ2v) is 8.02. The predicted molar refractivity (Wildman–Crippen MR) is 101 cm³/mol. The topological polar surface area (TPSA) is 57.3 Å². The lowest BCUT2D eigenvalue weighted by Gasteiger charge is -2.33. The number of carbonyl (C=O) groups excluding carboxylic acids is 1. The lowest BCUT2D eigenvalue weighted by Crippen LogP contribution is -2.49. The van der Waals surface area contributed by atoms with Gasteiger partial charge in [-0.05, 0) is 57.4 Å². The van der Waals surface area contributed by atoms with Gasteiger partial charge in [0, 0.05) is 36.1 Å². The monoisotopic (exact) mass is 348 g/mol. The average Bonchev–Trinajstić information content (AvgIpc) is 3.03. The molecule has 2 aliphatic rings. The highest BCUT2D eigenvalue weighted by atomic mass is 32.2. The van der Waals surface area contributed by atoms with Crippen LogP contribution in [0.3, 0.4) is 0 Å². The molecule has 0 spiro atoms. The van der Waals surface area contributed by atoms with Crippen molar-refractivity contribution in [1.82, 2.24) is 15.6 Å². The van der Waals surface area contributed by atoms with Crippen LogP contribution < -0.4 is 15.5 Å². The summed E-state index contributed by atoms with van der Waals surface area (Å²) in [5.74, 6) is 1.05. The smallest absolute Gasteiger partial charge is 0.315 e. The van der Waals surface area contributed by atoms with Crippen molar-refractivity contribution in [3.8, 4) is 0 Å². The fourth-order valence-corrected chi connectivity index (χ4v) is 4.45.